The van der Waals surface area contributed by atoms with Crippen LogP contribution in [0.2, 0.25) is 5.02 Å². The Morgan fingerprint density at radius 1 is 1.14 bits per heavy atom. The van der Waals surface area contributed by atoms with Crippen LogP contribution in [-0.4, -0.2) is 28.9 Å². The lowest BCUT2D eigenvalue weighted by molar-refractivity contribution is -0.137. The van der Waals surface area contributed by atoms with E-state index in [0.29, 0.717) is 17.5 Å². The number of halogens is 4. The van der Waals surface area contributed by atoms with Gasteiger partial charge in [-0.25, -0.2) is 0 Å². The highest BCUT2D eigenvalue weighted by molar-refractivity contribution is 6.31. The van der Waals surface area contributed by atoms with E-state index >= 15 is 0 Å². The molecule has 2 aromatic carbocycles. The van der Waals surface area contributed by atoms with Gasteiger partial charge in [0.2, 0.25) is 17.8 Å². The third-order valence-electron chi connectivity index (χ3n) is 5.16. The first kappa shape index (κ1) is 24.1. The summed E-state index contributed by atoms with van der Waals surface area (Å²) in [6, 6.07) is 9.57. The number of nitrogens with one attached hydrogen (secondary N) is 4. The molecule has 0 spiro atoms. The number of ether oxygens (including phenoxy) is 1. The number of fused-ring (bicyclic) bond motifs is 1. The van der Waals surface area contributed by atoms with Gasteiger partial charge in [-0.2, -0.15) is 18.2 Å². The molecule has 1 aliphatic heterocycles. The van der Waals surface area contributed by atoms with Crippen molar-refractivity contribution < 1.29 is 27.5 Å². The van der Waals surface area contributed by atoms with Crippen molar-refractivity contribution in [2.75, 3.05) is 23.1 Å². The fraction of sp³-hybridized carbons (Fsp3) is 0.182. The van der Waals surface area contributed by atoms with Gasteiger partial charge in [-0.3, -0.25) is 19.4 Å². The highest BCUT2D eigenvalue weighted by Gasteiger charge is 2.36. The number of carbonyl (C=O) groups is 2. The number of methoxy groups -OCH3 is 1. The normalized spacial score (nSPS) is 15.1. The maximum atomic E-state index is 13.1. The van der Waals surface area contributed by atoms with Crippen LogP contribution in [0.1, 0.15) is 23.5 Å². The van der Waals surface area contributed by atoms with Crippen LogP contribution in [-0.2, 0) is 15.8 Å². The summed E-state index contributed by atoms with van der Waals surface area (Å²) in [5.41, 5.74) is -1.58. The molecule has 0 fully saturated rings. The average Bonchev–Trinajstić information content (AvgIpc) is 2.79. The Bertz CT molecular complexity index is 1360. The maximum Gasteiger partial charge on any atom is 0.417 e. The van der Waals surface area contributed by atoms with Gasteiger partial charge >= 0.3 is 6.18 Å². The van der Waals surface area contributed by atoms with Crippen molar-refractivity contribution in [3.63, 3.8) is 0 Å². The molecule has 0 saturated carbocycles. The molecule has 13 heteroatoms. The largest absolute Gasteiger partial charge is 0.497 e. The quantitative estimate of drug-likeness (QED) is 0.409. The Balaban J connectivity index is 1.61. The Kier molecular flexibility index (Phi) is 6.39. The number of hydrogen-bond donors (Lipinski definition) is 4. The Hall–Kier alpha value is -4.06. The first-order chi connectivity index (χ1) is 16.5. The second-order valence-electron chi connectivity index (χ2n) is 7.52. The number of nitrogens with zero attached hydrogens (tertiary/aromatic N) is 1. The van der Waals surface area contributed by atoms with Crippen molar-refractivity contribution >= 4 is 46.6 Å². The van der Waals surface area contributed by atoms with Gasteiger partial charge in [-0.15, -0.1) is 0 Å². The number of amides is 2. The molecule has 0 saturated heterocycles. The lowest BCUT2D eigenvalue weighted by atomic mass is 9.92. The minimum Gasteiger partial charge on any atom is -0.497 e. The van der Waals surface area contributed by atoms with Crippen molar-refractivity contribution in [2.24, 2.45) is 0 Å². The number of rotatable bonds is 5. The van der Waals surface area contributed by atoms with Gasteiger partial charge in [0.15, 0.2) is 0 Å². The van der Waals surface area contributed by atoms with Gasteiger partial charge in [-0.05, 0) is 42.5 Å². The molecule has 9 nitrogen and oxygen atoms in total. The third-order valence-corrected chi connectivity index (χ3v) is 5.49. The molecule has 1 aliphatic rings. The highest BCUT2D eigenvalue weighted by Crippen LogP contribution is 2.37. The van der Waals surface area contributed by atoms with Crippen molar-refractivity contribution in [1.29, 1.82) is 0 Å². The maximum absolute atomic E-state index is 13.1. The van der Waals surface area contributed by atoms with E-state index < -0.39 is 46.5 Å². The van der Waals surface area contributed by atoms with Gasteiger partial charge < -0.3 is 20.7 Å². The van der Waals surface area contributed by atoms with E-state index in [2.05, 4.69) is 25.9 Å². The van der Waals surface area contributed by atoms with Crippen LogP contribution < -0.4 is 26.2 Å². The van der Waals surface area contributed by atoms with Crippen LogP contribution >= 0.6 is 11.6 Å². The van der Waals surface area contributed by atoms with Gasteiger partial charge in [0.1, 0.15) is 11.6 Å². The number of H-pyrrole nitrogens is 1. The van der Waals surface area contributed by atoms with Crippen LogP contribution in [0.15, 0.2) is 47.3 Å². The lowest BCUT2D eigenvalue weighted by Gasteiger charge is -2.24. The molecule has 3 aromatic rings. The van der Waals surface area contributed by atoms with E-state index in [0.717, 1.165) is 6.07 Å². The molecule has 35 heavy (non-hydrogen) atoms. The summed E-state index contributed by atoms with van der Waals surface area (Å²) in [7, 11) is 1.52. The number of alkyl halides is 3. The van der Waals surface area contributed by atoms with E-state index in [-0.39, 0.29) is 23.0 Å². The highest BCUT2D eigenvalue weighted by atomic mass is 35.5. The summed E-state index contributed by atoms with van der Waals surface area (Å²) >= 11 is 5.61. The molecule has 4 rings (SSSR count). The number of carbonyl (C=O) groups excluding carboxylic acids is 2. The summed E-state index contributed by atoms with van der Waals surface area (Å²) in [6.07, 6.45) is -5.13. The molecule has 0 bridgehead atoms. The van der Waals surface area contributed by atoms with Crippen molar-refractivity contribution in [1.82, 2.24) is 9.97 Å². The number of aromatic nitrogens is 2. The number of hydrogen-bond acceptors (Lipinski definition) is 6. The molecule has 1 unspecified atom stereocenters. The van der Waals surface area contributed by atoms with Gasteiger partial charge in [0.25, 0.3) is 5.56 Å². The van der Waals surface area contributed by atoms with Crippen LogP contribution in [0.4, 0.5) is 36.3 Å². The summed E-state index contributed by atoms with van der Waals surface area (Å²) in [5.74, 6) is -2.22. The Labute approximate surface area is 200 Å². The van der Waals surface area contributed by atoms with E-state index in [1.54, 1.807) is 24.3 Å². The molecular weight excluding hydrogens is 491 g/mol. The monoisotopic (exact) mass is 507 g/mol. The second kappa shape index (κ2) is 9.29. The first-order valence-corrected chi connectivity index (χ1v) is 10.5. The molecule has 182 valence electrons. The van der Waals surface area contributed by atoms with Crippen LogP contribution in [0.25, 0.3) is 0 Å². The predicted molar refractivity (Wildman–Crippen MR) is 122 cm³/mol. The molecule has 2 heterocycles. The van der Waals surface area contributed by atoms with E-state index in [4.69, 9.17) is 16.3 Å². The Morgan fingerprint density at radius 2 is 1.83 bits per heavy atom. The summed E-state index contributed by atoms with van der Waals surface area (Å²) in [4.78, 5) is 44.6. The van der Waals surface area contributed by atoms with Crippen LogP contribution in [0.5, 0.6) is 5.75 Å². The lowest BCUT2D eigenvalue weighted by Crippen LogP contribution is -2.36. The molecular formula is C22H17ClF3N5O4. The van der Waals surface area contributed by atoms with Gasteiger partial charge in [0, 0.05) is 17.8 Å². The fourth-order valence-electron chi connectivity index (χ4n) is 3.52. The van der Waals surface area contributed by atoms with Crippen LogP contribution in [0, 0.1) is 0 Å². The average molecular weight is 508 g/mol. The summed E-state index contributed by atoms with van der Waals surface area (Å²) in [5, 5.41) is 7.12. The van der Waals surface area contributed by atoms with E-state index in [9.17, 15) is 27.6 Å². The second-order valence-corrected chi connectivity index (χ2v) is 7.92. The van der Waals surface area contributed by atoms with Crippen molar-refractivity contribution in [2.45, 2.75) is 18.5 Å². The van der Waals surface area contributed by atoms with Gasteiger partial charge in [0.05, 0.1) is 29.2 Å². The molecule has 0 aliphatic carbocycles. The Morgan fingerprint density at radius 3 is 2.49 bits per heavy atom. The number of benzene rings is 2. The standard InChI is InChI=1S/C22H17ClF3N5O4/c1-35-12-5-2-10(3-6-12)28-21-30-18-17(20(34)31-21)13(9-16(32)29-18)19(33)27-11-4-7-15(23)14(8-11)22(24,25)26/h2-8,13H,9H2,1H3,(H,27,33)(H3,28,29,30,31,32,34). The van der Waals surface area contributed by atoms with Crippen molar-refractivity contribution in [3.8, 4) is 5.75 Å². The topological polar surface area (TPSA) is 125 Å². The molecule has 2 amide bonds. The van der Waals surface area contributed by atoms with E-state index in [1.807, 2.05) is 0 Å². The molecule has 4 N–H and O–H groups in total. The third kappa shape index (κ3) is 5.22. The minimum atomic E-state index is -4.73. The van der Waals surface area contributed by atoms with E-state index in [1.165, 1.54) is 13.2 Å². The smallest absolute Gasteiger partial charge is 0.417 e. The summed E-state index contributed by atoms with van der Waals surface area (Å²) < 4.78 is 44.5. The molecule has 0 radical (unpaired) electrons. The number of aromatic amines is 1. The summed E-state index contributed by atoms with van der Waals surface area (Å²) in [6.45, 7) is 0. The zero-order valence-corrected chi connectivity index (χ0v) is 18.7. The van der Waals surface area contributed by atoms with Crippen molar-refractivity contribution in [3.05, 3.63) is 69.0 Å². The minimum absolute atomic E-state index is 0.00722. The van der Waals surface area contributed by atoms with Crippen LogP contribution in [0.3, 0.4) is 0 Å². The fourth-order valence-corrected chi connectivity index (χ4v) is 3.74. The predicted octanol–water partition coefficient (Wildman–Crippen LogP) is 4.26. The first-order valence-electron chi connectivity index (χ1n) is 10.1. The zero-order valence-electron chi connectivity index (χ0n) is 17.9. The van der Waals surface area contributed by atoms with Gasteiger partial charge in [-0.1, -0.05) is 11.6 Å². The zero-order chi connectivity index (χ0) is 25.3. The molecule has 1 aromatic heterocycles. The SMILES string of the molecule is COc1ccc(Nc2nc3c(c(=O)[nH]2)C(C(=O)Nc2ccc(Cl)c(C(F)(F)F)c2)CC(=O)N3)cc1. The molecule has 1 atom stereocenters. The number of anilines is 4.